The second-order valence-corrected chi connectivity index (χ2v) is 7.89. The molecule has 5 rings (SSSR count). The number of carbonyl (C=O) groups is 1. The molecule has 0 saturated carbocycles. The molecule has 4 aromatic carbocycles. The van der Waals surface area contributed by atoms with Crippen LogP contribution in [0.15, 0.2) is 103 Å². The van der Waals surface area contributed by atoms with Crippen LogP contribution in [-0.2, 0) is 11.3 Å². The molecule has 0 N–H and O–H groups in total. The third-order valence-corrected chi connectivity index (χ3v) is 5.56. The van der Waals surface area contributed by atoms with Crippen molar-refractivity contribution in [3.05, 3.63) is 137 Å². The van der Waals surface area contributed by atoms with Crippen LogP contribution in [0.4, 0.5) is 8.78 Å². The molecule has 172 valence electrons. The van der Waals surface area contributed by atoms with Crippen molar-refractivity contribution >= 4 is 28.8 Å². The topological polar surface area (TPSA) is 44.1 Å². The van der Waals surface area contributed by atoms with Crippen LogP contribution in [0.2, 0.25) is 0 Å². The summed E-state index contributed by atoms with van der Waals surface area (Å²) in [7, 11) is 0. The minimum Gasteiger partial charge on any atom is -0.422 e. The fourth-order valence-electron chi connectivity index (χ4n) is 3.86. The smallest absolute Gasteiger partial charge is 0.346 e. The molecule has 1 heterocycles. The summed E-state index contributed by atoms with van der Waals surface area (Å²) < 4.78 is 36.6. The first kappa shape index (κ1) is 22.2. The average molecular weight is 466 g/mol. The van der Waals surface area contributed by atoms with Gasteiger partial charge in [0.25, 0.3) is 0 Å². The van der Waals surface area contributed by atoms with Gasteiger partial charge in [-0.15, -0.1) is 0 Å². The van der Waals surface area contributed by atoms with E-state index >= 15 is 0 Å². The van der Waals surface area contributed by atoms with Gasteiger partial charge in [-0.2, -0.15) is 0 Å². The van der Waals surface area contributed by atoms with Crippen molar-refractivity contribution in [2.24, 2.45) is 0 Å². The Morgan fingerprint density at radius 2 is 1.37 bits per heavy atom. The van der Waals surface area contributed by atoms with Gasteiger partial charge >= 0.3 is 5.97 Å². The van der Waals surface area contributed by atoms with Crippen LogP contribution in [0.5, 0.6) is 0 Å². The summed E-state index contributed by atoms with van der Waals surface area (Å²) in [6.07, 6.45) is 1.51. The second-order valence-electron chi connectivity index (χ2n) is 7.89. The van der Waals surface area contributed by atoms with Gasteiger partial charge in [-0.3, -0.25) is 0 Å². The highest BCUT2D eigenvalue weighted by Gasteiger charge is 2.20. The van der Waals surface area contributed by atoms with Crippen molar-refractivity contribution in [3.63, 3.8) is 0 Å². The minimum absolute atomic E-state index is 0.0653. The zero-order valence-electron chi connectivity index (χ0n) is 18.6. The summed E-state index contributed by atoms with van der Waals surface area (Å²) in [4.78, 5) is 17.5. The van der Waals surface area contributed by atoms with Crippen LogP contribution in [0, 0.1) is 11.6 Å². The Morgan fingerprint density at radius 1 is 0.771 bits per heavy atom. The Labute approximate surface area is 200 Å². The molecule has 0 amide bonds. The van der Waals surface area contributed by atoms with Crippen molar-refractivity contribution in [2.45, 2.75) is 6.54 Å². The lowest BCUT2D eigenvalue weighted by molar-refractivity contribution is 0.0688. The molecule has 6 heteroatoms. The number of hydrogen-bond acceptors (Lipinski definition) is 3. The van der Waals surface area contributed by atoms with Gasteiger partial charge in [0.1, 0.15) is 23.2 Å². The van der Waals surface area contributed by atoms with Crippen LogP contribution in [0.25, 0.3) is 22.9 Å². The van der Waals surface area contributed by atoms with Crippen molar-refractivity contribution in [1.29, 1.82) is 0 Å². The molecular formula is C29H20F2N2O2. The van der Waals surface area contributed by atoms with Crippen molar-refractivity contribution in [1.82, 2.24) is 9.55 Å². The van der Waals surface area contributed by atoms with Gasteiger partial charge in [-0.1, -0.05) is 66.7 Å². The Bertz CT molecular complexity index is 1540. The monoisotopic (exact) mass is 466 g/mol. The maximum absolute atomic E-state index is 14.8. The number of esters is 1. The molecule has 0 aliphatic heterocycles. The summed E-state index contributed by atoms with van der Waals surface area (Å²) in [5, 5.41) is 0. The summed E-state index contributed by atoms with van der Waals surface area (Å²) in [5.74, 6) is -1.83. The van der Waals surface area contributed by atoms with E-state index < -0.39 is 17.6 Å². The lowest BCUT2D eigenvalue weighted by atomic mass is 10.1. The molecule has 0 unspecified atom stereocenters. The molecule has 0 atom stereocenters. The Kier molecular flexibility index (Phi) is 6.18. The highest BCUT2D eigenvalue weighted by atomic mass is 19.1. The number of aromatic nitrogens is 2. The van der Waals surface area contributed by atoms with Crippen LogP contribution < -0.4 is 0 Å². The number of hydrogen-bond donors (Lipinski definition) is 0. The van der Waals surface area contributed by atoms with E-state index in [2.05, 4.69) is 0 Å². The first-order chi connectivity index (χ1) is 17.1. The van der Waals surface area contributed by atoms with E-state index in [1.54, 1.807) is 12.1 Å². The van der Waals surface area contributed by atoms with Crippen molar-refractivity contribution in [2.75, 3.05) is 0 Å². The SMILES string of the molecule is O=C(O/C(=C\c1nc2ccccc2n1Cc1ccccc1)c1ccccc1F)c1ccccc1F. The Balaban J connectivity index is 1.64. The van der Waals surface area contributed by atoms with Crippen LogP contribution >= 0.6 is 0 Å². The standard InChI is InChI=1S/C29H20F2N2O2/c30-23-14-6-4-12-21(23)27(35-29(34)22-13-5-7-15-24(22)31)18-28-32-25-16-8-9-17-26(25)33(28)19-20-10-2-1-3-11-20/h1-18H,19H2/b27-18-. The largest absolute Gasteiger partial charge is 0.422 e. The normalized spacial score (nSPS) is 11.5. The molecule has 0 spiro atoms. The molecule has 0 saturated heterocycles. The van der Waals surface area contributed by atoms with E-state index in [-0.39, 0.29) is 16.9 Å². The van der Waals surface area contributed by atoms with Gasteiger partial charge in [-0.05, 0) is 42.0 Å². The maximum Gasteiger partial charge on any atom is 0.346 e. The predicted molar refractivity (Wildman–Crippen MR) is 131 cm³/mol. The molecule has 1 aromatic heterocycles. The Morgan fingerprint density at radius 3 is 2.09 bits per heavy atom. The Hall–Kier alpha value is -4.58. The first-order valence-corrected chi connectivity index (χ1v) is 11.0. The number of halogens is 2. The van der Waals surface area contributed by atoms with E-state index in [0.29, 0.717) is 12.4 Å². The quantitative estimate of drug-likeness (QED) is 0.206. The number of benzene rings is 4. The number of ether oxygens (including phenoxy) is 1. The van der Waals surface area contributed by atoms with Gasteiger partial charge in [0.15, 0.2) is 0 Å². The van der Waals surface area contributed by atoms with E-state index in [4.69, 9.17) is 9.72 Å². The van der Waals surface area contributed by atoms with Gasteiger partial charge in [0.05, 0.1) is 22.2 Å². The van der Waals surface area contributed by atoms with Gasteiger partial charge < -0.3 is 9.30 Å². The van der Waals surface area contributed by atoms with E-state index in [1.807, 2.05) is 59.2 Å². The molecule has 5 aromatic rings. The van der Waals surface area contributed by atoms with Gasteiger partial charge in [0.2, 0.25) is 0 Å². The number of para-hydroxylation sites is 2. The van der Waals surface area contributed by atoms with Crippen molar-refractivity contribution in [3.8, 4) is 0 Å². The third kappa shape index (κ3) is 4.73. The van der Waals surface area contributed by atoms with Crippen LogP contribution in [0.1, 0.15) is 27.3 Å². The molecule has 0 fully saturated rings. The lowest BCUT2D eigenvalue weighted by Crippen LogP contribution is -2.09. The number of fused-ring (bicyclic) bond motifs is 1. The summed E-state index contributed by atoms with van der Waals surface area (Å²) in [6.45, 7) is 0.499. The van der Waals surface area contributed by atoms with E-state index in [0.717, 1.165) is 16.6 Å². The first-order valence-electron chi connectivity index (χ1n) is 11.0. The second kappa shape index (κ2) is 9.73. The number of nitrogens with zero attached hydrogens (tertiary/aromatic N) is 2. The highest BCUT2D eigenvalue weighted by molar-refractivity contribution is 5.95. The summed E-state index contributed by atoms with van der Waals surface area (Å²) in [6, 6.07) is 28.9. The minimum atomic E-state index is -0.927. The molecule has 35 heavy (non-hydrogen) atoms. The molecular weight excluding hydrogens is 446 g/mol. The molecule has 4 nitrogen and oxygen atoms in total. The van der Waals surface area contributed by atoms with Gasteiger partial charge in [0, 0.05) is 12.6 Å². The van der Waals surface area contributed by atoms with Crippen molar-refractivity contribution < 1.29 is 18.3 Å². The molecule has 0 bridgehead atoms. The maximum atomic E-state index is 14.8. The summed E-state index contributed by atoms with van der Waals surface area (Å²) >= 11 is 0. The van der Waals surface area contributed by atoms with E-state index in [9.17, 15) is 13.6 Å². The van der Waals surface area contributed by atoms with Crippen LogP contribution in [-0.4, -0.2) is 15.5 Å². The van der Waals surface area contributed by atoms with E-state index in [1.165, 1.54) is 42.5 Å². The highest BCUT2D eigenvalue weighted by Crippen LogP contribution is 2.26. The number of rotatable bonds is 6. The number of carbonyl (C=O) groups excluding carboxylic acids is 1. The molecule has 0 aliphatic carbocycles. The molecule has 0 aliphatic rings. The fourth-order valence-corrected chi connectivity index (χ4v) is 3.86. The lowest BCUT2D eigenvalue weighted by Gasteiger charge is -2.12. The number of imidazole rings is 1. The average Bonchev–Trinajstić information content (AvgIpc) is 3.21. The predicted octanol–water partition coefficient (Wildman–Crippen LogP) is 6.72. The van der Waals surface area contributed by atoms with Crippen LogP contribution in [0.3, 0.4) is 0 Å². The molecule has 0 radical (unpaired) electrons. The third-order valence-electron chi connectivity index (χ3n) is 5.56. The zero-order valence-corrected chi connectivity index (χ0v) is 18.6. The zero-order chi connectivity index (χ0) is 24.2. The summed E-state index contributed by atoms with van der Waals surface area (Å²) in [5.41, 5.74) is 2.48. The van der Waals surface area contributed by atoms with Gasteiger partial charge in [-0.25, -0.2) is 18.6 Å². The fraction of sp³-hybridized carbons (Fsp3) is 0.0345.